The first-order valence-corrected chi connectivity index (χ1v) is 11.6. The molecule has 3 rings (SSSR count). The minimum Gasteiger partial charge on any atom is -0.354 e. The molecule has 1 amide bonds. The van der Waals surface area contributed by atoms with Crippen LogP contribution in [0.15, 0.2) is 65.1 Å². The van der Waals surface area contributed by atoms with E-state index in [0.717, 1.165) is 29.1 Å². The van der Waals surface area contributed by atoms with Crippen LogP contribution in [0.25, 0.3) is 0 Å². The molecule has 0 radical (unpaired) electrons. The zero-order valence-electron chi connectivity index (χ0n) is 17.1. The molecule has 5 nitrogen and oxygen atoms in total. The largest absolute Gasteiger partial charge is 0.354 e. The standard InChI is InChI=1S/C23H27FN2O3S/c1-18-7-13-22(14-8-18)30(28,29)26(21-11-9-20(24)10-12-21)17-23(27)25-16-15-19-5-3-2-4-6-19/h5,7-14H,2-4,6,15-17H2,1H3,(H,25,27). The van der Waals surface area contributed by atoms with Crippen LogP contribution in [-0.2, 0) is 14.8 Å². The fourth-order valence-electron chi connectivity index (χ4n) is 3.44. The van der Waals surface area contributed by atoms with Crippen LogP contribution in [0.4, 0.5) is 10.1 Å². The molecule has 7 heteroatoms. The fraction of sp³-hybridized carbons (Fsp3) is 0.348. The maximum absolute atomic E-state index is 13.4. The summed E-state index contributed by atoms with van der Waals surface area (Å²) in [6.45, 7) is 1.96. The summed E-state index contributed by atoms with van der Waals surface area (Å²) in [5, 5.41) is 2.81. The lowest BCUT2D eigenvalue weighted by Crippen LogP contribution is -2.41. The second-order valence-electron chi connectivity index (χ2n) is 7.51. The zero-order chi connectivity index (χ0) is 21.6. The average molecular weight is 431 g/mol. The van der Waals surface area contributed by atoms with Crippen molar-refractivity contribution in [1.29, 1.82) is 0 Å². The summed E-state index contributed by atoms with van der Waals surface area (Å²) in [6, 6.07) is 11.5. The number of benzene rings is 2. The van der Waals surface area contributed by atoms with E-state index in [1.54, 1.807) is 12.1 Å². The Morgan fingerprint density at radius 3 is 2.40 bits per heavy atom. The van der Waals surface area contributed by atoms with Crippen molar-refractivity contribution in [3.8, 4) is 0 Å². The third-order valence-electron chi connectivity index (χ3n) is 5.16. The highest BCUT2D eigenvalue weighted by atomic mass is 32.2. The van der Waals surface area contributed by atoms with Crippen molar-refractivity contribution in [2.45, 2.75) is 43.9 Å². The number of rotatable bonds is 8. The number of amides is 1. The van der Waals surface area contributed by atoms with Crippen LogP contribution in [0.5, 0.6) is 0 Å². The van der Waals surface area contributed by atoms with Gasteiger partial charge in [0.25, 0.3) is 10.0 Å². The van der Waals surface area contributed by atoms with Crippen LogP contribution in [0.3, 0.4) is 0 Å². The van der Waals surface area contributed by atoms with Gasteiger partial charge in [0.2, 0.25) is 5.91 Å². The Morgan fingerprint density at radius 1 is 1.07 bits per heavy atom. The number of allylic oxidation sites excluding steroid dienone is 1. The Kier molecular flexibility index (Phi) is 7.26. The molecule has 0 bridgehead atoms. The third kappa shape index (κ3) is 5.69. The Bertz CT molecular complexity index is 1000. The summed E-state index contributed by atoms with van der Waals surface area (Å²) in [5.41, 5.74) is 2.50. The number of hydrogen-bond acceptors (Lipinski definition) is 3. The third-order valence-corrected chi connectivity index (χ3v) is 6.95. The molecule has 1 aliphatic carbocycles. The lowest BCUT2D eigenvalue weighted by atomic mass is 9.97. The first-order valence-electron chi connectivity index (χ1n) is 10.2. The van der Waals surface area contributed by atoms with Crippen molar-refractivity contribution in [2.24, 2.45) is 0 Å². The molecule has 0 spiro atoms. The lowest BCUT2D eigenvalue weighted by Gasteiger charge is -2.24. The molecule has 0 saturated carbocycles. The fourth-order valence-corrected chi connectivity index (χ4v) is 4.86. The van der Waals surface area contributed by atoms with E-state index in [-0.39, 0.29) is 17.1 Å². The van der Waals surface area contributed by atoms with Gasteiger partial charge in [-0.05, 0) is 75.4 Å². The predicted octanol–water partition coefficient (Wildman–Crippen LogP) is 4.34. The van der Waals surface area contributed by atoms with Crippen molar-refractivity contribution < 1.29 is 17.6 Å². The van der Waals surface area contributed by atoms with Crippen molar-refractivity contribution in [2.75, 3.05) is 17.4 Å². The topological polar surface area (TPSA) is 66.5 Å². The number of halogens is 1. The highest BCUT2D eigenvalue weighted by Gasteiger charge is 2.27. The summed E-state index contributed by atoms with van der Waals surface area (Å²) in [5.74, 6) is -0.872. The maximum atomic E-state index is 13.4. The number of hydrogen-bond donors (Lipinski definition) is 1. The van der Waals surface area contributed by atoms with Crippen LogP contribution in [0, 0.1) is 12.7 Å². The Labute approximate surface area is 177 Å². The number of carbonyl (C=O) groups is 1. The van der Waals surface area contributed by atoms with E-state index >= 15 is 0 Å². The van der Waals surface area contributed by atoms with Crippen LogP contribution >= 0.6 is 0 Å². The van der Waals surface area contributed by atoms with E-state index in [1.807, 2.05) is 6.92 Å². The number of nitrogens with zero attached hydrogens (tertiary/aromatic N) is 1. The van der Waals surface area contributed by atoms with Crippen molar-refractivity contribution >= 4 is 21.6 Å². The number of anilines is 1. The molecule has 0 fully saturated rings. The second-order valence-corrected chi connectivity index (χ2v) is 9.37. The molecule has 2 aromatic carbocycles. The van der Waals surface area contributed by atoms with Gasteiger partial charge in [-0.25, -0.2) is 12.8 Å². The quantitative estimate of drug-likeness (QED) is 0.634. The molecule has 0 unspecified atom stereocenters. The minimum atomic E-state index is -3.99. The van der Waals surface area contributed by atoms with E-state index in [2.05, 4.69) is 11.4 Å². The summed E-state index contributed by atoms with van der Waals surface area (Å²) in [7, 11) is -3.99. The van der Waals surface area contributed by atoms with Gasteiger partial charge in [0.15, 0.2) is 0 Å². The smallest absolute Gasteiger partial charge is 0.264 e. The van der Waals surface area contributed by atoms with Crippen LogP contribution < -0.4 is 9.62 Å². The van der Waals surface area contributed by atoms with E-state index < -0.39 is 21.7 Å². The van der Waals surface area contributed by atoms with Gasteiger partial charge in [-0.1, -0.05) is 29.3 Å². The van der Waals surface area contributed by atoms with E-state index in [1.165, 1.54) is 54.8 Å². The Morgan fingerprint density at radius 2 is 1.77 bits per heavy atom. The Balaban J connectivity index is 1.75. The lowest BCUT2D eigenvalue weighted by molar-refractivity contribution is -0.119. The average Bonchev–Trinajstić information content (AvgIpc) is 2.74. The first-order chi connectivity index (χ1) is 14.4. The maximum Gasteiger partial charge on any atom is 0.264 e. The first kappa shape index (κ1) is 22.0. The van der Waals surface area contributed by atoms with E-state index in [9.17, 15) is 17.6 Å². The van der Waals surface area contributed by atoms with Crippen LogP contribution in [-0.4, -0.2) is 27.4 Å². The number of carbonyl (C=O) groups excluding carboxylic acids is 1. The second kappa shape index (κ2) is 9.89. The van der Waals surface area contributed by atoms with Gasteiger partial charge in [0, 0.05) is 6.54 Å². The van der Waals surface area contributed by atoms with Gasteiger partial charge in [-0.15, -0.1) is 0 Å². The van der Waals surface area contributed by atoms with Gasteiger partial charge < -0.3 is 5.32 Å². The molecular weight excluding hydrogens is 403 g/mol. The molecule has 160 valence electrons. The molecule has 1 N–H and O–H groups in total. The SMILES string of the molecule is Cc1ccc(S(=O)(=O)N(CC(=O)NCCC2=CCCCC2)c2ccc(F)cc2)cc1. The molecule has 0 atom stereocenters. The molecule has 2 aromatic rings. The van der Waals surface area contributed by atoms with Crippen LogP contribution in [0.1, 0.15) is 37.7 Å². The summed E-state index contributed by atoms with van der Waals surface area (Å²) in [6.07, 6.45) is 7.51. The zero-order valence-corrected chi connectivity index (χ0v) is 17.9. The highest BCUT2D eigenvalue weighted by Crippen LogP contribution is 2.24. The van der Waals surface area contributed by atoms with Crippen molar-refractivity contribution in [1.82, 2.24) is 5.32 Å². The molecule has 0 aromatic heterocycles. The van der Waals surface area contributed by atoms with E-state index in [4.69, 9.17) is 0 Å². The summed E-state index contributed by atoms with van der Waals surface area (Å²) >= 11 is 0. The van der Waals surface area contributed by atoms with Gasteiger partial charge in [0.05, 0.1) is 10.6 Å². The predicted molar refractivity (Wildman–Crippen MR) is 116 cm³/mol. The monoisotopic (exact) mass is 430 g/mol. The number of sulfonamides is 1. The molecule has 30 heavy (non-hydrogen) atoms. The normalized spacial score (nSPS) is 14.1. The molecule has 0 aliphatic heterocycles. The van der Waals surface area contributed by atoms with Crippen LogP contribution in [0.2, 0.25) is 0 Å². The Hall–Kier alpha value is -2.67. The summed E-state index contributed by atoms with van der Waals surface area (Å²) in [4.78, 5) is 12.6. The van der Waals surface area contributed by atoms with Crippen molar-refractivity contribution in [3.05, 3.63) is 71.6 Å². The van der Waals surface area contributed by atoms with Gasteiger partial charge in [-0.2, -0.15) is 0 Å². The summed E-state index contributed by atoms with van der Waals surface area (Å²) < 4.78 is 40.8. The molecule has 0 saturated heterocycles. The van der Waals surface area contributed by atoms with Gasteiger partial charge in [-0.3, -0.25) is 9.10 Å². The highest BCUT2D eigenvalue weighted by molar-refractivity contribution is 7.92. The molecule has 1 aliphatic rings. The molecule has 0 heterocycles. The van der Waals surface area contributed by atoms with Crippen molar-refractivity contribution in [3.63, 3.8) is 0 Å². The molecular formula is C23H27FN2O3S. The minimum absolute atomic E-state index is 0.0811. The number of aryl methyl sites for hydroxylation is 1. The van der Waals surface area contributed by atoms with E-state index in [0.29, 0.717) is 6.54 Å². The number of nitrogens with one attached hydrogen (secondary N) is 1. The van der Waals surface area contributed by atoms with Gasteiger partial charge >= 0.3 is 0 Å². The van der Waals surface area contributed by atoms with Gasteiger partial charge in [0.1, 0.15) is 12.4 Å².